The Labute approximate surface area is 224 Å². The first-order chi connectivity index (χ1) is 18.4. The molecule has 1 aromatic heterocycles. The molecule has 5 rings (SSSR count). The van der Waals surface area contributed by atoms with Crippen molar-refractivity contribution in [2.45, 2.75) is 39.3 Å². The number of fused-ring (bicyclic) bond motifs is 1. The van der Waals surface area contributed by atoms with Crippen LogP contribution in [0, 0.1) is 5.92 Å². The van der Waals surface area contributed by atoms with Crippen molar-refractivity contribution in [3.8, 4) is 5.75 Å². The molecule has 1 fully saturated rings. The summed E-state index contributed by atoms with van der Waals surface area (Å²) in [5.41, 5.74) is 3.69. The minimum absolute atomic E-state index is 0.112. The van der Waals surface area contributed by atoms with Crippen molar-refractivity contribution in [2.24, 2.45) is 5.92 Å². The standard InChI is InChI=1S/C30H36N4O4/c1-21(2)17-28(35)34-12-11-22-9-10-24(18-25(22)29(34)23-7-5-4-6-8-23)37-20-27-31-26(19-38-27)30(36)33-15-13-32(3)14-16-33/h4-10,18-19,21,29H,11-17,20H2,1-3H3. The molecule has 2 amide bonds. The van der Waals surface area contributed by atoms with Gasteiger partial charge in [-0.2, -0.15) is 0 Å². The molecule has 200 valence electrons. The van der Waals surface area contributed by atoms with E-state index in [9.17, 15) is 9.59 Å². The Balaban J connectivity index is 1.32. The Morgan fingerprint density at radius 2 is 1.82 bits per heavy atom. The number of oxazole rings is 1. The van der Waals surface area contributed by atoms with Gasteiger partial charge >= 0.3 is 0 Å². The number of benzene rings is 2. The zero-order valence-electron chi connectivity index (χ0n) is 22.4. The fraction of sp³-hybridized carbons (Fsp3) is 0.433. The molecular weight excluding hydrogens is 480 g/mol. The van der Waals surface area contributed by atoms with E-state index in [0.29, 0.717) is 49.3 Å². The SMILES string of the molecule is CC(C)CC(=O)N1CCc2ccc(OCc3nc(C(=O)N4CCN(C)CC4)co3)cc2C1c1ccccc1. The molecule has 1 atom stereocenters. The second kappa shape index (κ2) is 11.4. The molecule has 0 N–H and O–H groups in total. The highest BCUT2D eigenvalue weighted by Gasteiger charge is 2.32. The predicted octanol–water partition coefficient (Wildman–Crippen LogP) is 4.16. The monoisotopic (exact) mass is 516 g/mol. The maximum absolute atomic E-state index is 13.2. The van der Waals surface area contributed by atoms with Crippen LogP contribution < -0.4 is 4.74 Å². The number of carbonyl (C=O) groups excluding carboxylic acids is 2. The van der Waals surface area contributed by atoms with Gasteiger partial charge < -0.3 is 23.9 Å². The van der Waals surface area contributed by atoms with Crippen LogP contribution >= 0.6 is 0 Å². The molecule has 2 aliphatic rings. The van der Waals surface area contributed by atoms with Gasteiger partial charge in [0.25, 0.3) is 5.91 Å². The molecule has 0 radical (unpaired) electrons. The summed E-state index contributed by atoms with van der Waals surface area (Å²) in [6.07, 6.45) is 2.74. The van der Waals surface area contributed by atoms with Crippen LogP contribution in [0.25, 0.3) is 0 Å². The van der Waals surface area contributed by atoms with Crippen molar-refractivity contribution >= 4 is 11.8 Å². The molecule has 2 aromatic carbocycles. The van der Waals surface area contributed by atoms with Crippen LogP contribution in [-0.4, -0.2) is 71.3 Å². The smallest absolute Gasteiger partial charge is 0.275 e. The fourth-order valence-corrected chi connectivity index (χ4v) is 5.20. The van der Waals surface area contributed by atoms with Crippen LogP contribution in [-0.2, 0) is 17.8 Å². The Bertz CT molecular complexity index is 1260. The molecule has 0 bridgehead atoms. The largest absolute Gasteiger partial charge is 0.484 e. The van der Waals surface area contributed by atoms with Gasteiger partial charge in [0.15, 0.2) is 12.3 Å². The molecule has 8 heteroatoms. The molecule has 0 saturated carbocycles. The highest BCUT2D eigenvalue weighted by Crippen LogP contribution is 2.38. The summed E-state index contributed by atoms with van der Waals surface area (Å²) >= 11 is 0. The molecule has 0 aliphatic carbocycles. The van der Waals surface area contributed by atoms with Crippen molar-refractivity contribution in [2.75, 3.05) is 39.8 Å². The van der Waals surface area contributed by atoms with Crippen LogP contribution in [0.1, 0.15) is 59.4 Å². The van der Waals surface area contributed by atoms with Crippen LogP contribution in [0.2, 0.25) is 0 Å². The zero-order chi connectivity index (χ0) is 26.6. The molecule has 38 heavy (non-hydrogen) atoms. The fourth-order valence-electron chi connectivity index (χ4n) is 5.20. The molecule has 2 aliphatic heterocycles. The van der Waals surface area contributed by atoms with E-state index in [2.05, 4.69) is 49.0 Å². The number of likely N-dealkylation sites (N-methyl/N-ethyl adjacent to an activating group) is 1. The number of carbonyl (C=O) groups is 2. The molecule has 8 nitrogen and oxygen atoms in total. The Kier molecular flexibility index (Phi) is 7.79. The molecule has 3 heterocycles. The molecule has 3 aromatic rings. The lowest BCUT2D eigenvalue weighted by atomic mass is 9.87. The lowest BCUT2D eigenvalue weighted by Gasteiger charge is -2.38. The highest BCUT2D eigenvalue weighted by atomic mass is 16.5. The van der Waals surface area contributed by atoms with Crippen molar-refractivity contribution in [3.63, 3.8) is 0 Å². The first-order valence-corrected chi connectivity index (χ1v) is 13.4. The van der Waals surface area contributed by atoms with Gasteiger partial charge in [-0.05, 0) is 48.2 Å². The van der Waals surface area contributed by atoms with Gasteiger partial charge in [0, 0.05) is 39.1 Å². The number of amides is 2. The molecule has 1 saturated heterocycles. The summed E-state index contributed by atoms with van der Waals surface area (Å²) in [7, 11) is 2.05. The summed E-state index contributed by atoms with van der Waals surface area (Å²) in [5.74, 6) is 1.38. The Morgan fingerprint density at radius 1 is 1.05 bits per heavy atom. The summed E-state index contributed by atoms with van der Waals surface area (Å²) in [6, 6.07) is 16.1. The maximum atomic E-state index is 13.2. The lowest BCUT2D eigenvalue weighted by molar-refractivity contribution is -0.134. The minimum atomic E-state index is -0.163. The number of nitrogens with zero attached hydrogens (tertiary/aromatic N) is 4. The molecule has 1 unspecified atom stereocenters. The lowest BCUT2D eigenvalue weighted by Crippen LogP contribution is -2.47. The predicted molar refractivity (Wildman–Crippen MR) is 144 cm³/mol. The van der Waals surface area contributed by atoms with Gasteiger partial charge in [0.05, 0.1) is 6.04 Å². The summed E-state index contributed by atoms with van der Waals surface area (Å²) < 4.78 is 11.6. The Morgan fingerprint density at radius 3 is 2.55 bits per heavy atom. The van der Waals surface area contributed by atoms with E-state index in [-0.39, 0.29) is 24.5 Å². The summed E-state index contributed by atoms with van der Waals surface area (Å²) in [6.45, 7) is 8.02. The topological polar surface area (TPSA) is 79.1 Å². The minimum Gasteiger partial charge on any atom is -0.484 e. The first-order valence-electron chi connectivity index (χ1n) is 13.4. The summed E-state index contributed by atoms with van der Waals surface area (Å²) in [5, 5.41) is 0. The average molecular weight is 517 g/mol. The third-order valence-corrected chi connectivity index (χ3v) is 7.29. The number of ether oxygens (including phenoxy) is 1. The molecule has 0 spiro atoms. The number of piperazine rings is 1. The second-order valence-electron chi connectivity index (χ2n) is 10.6. The van der Waals surface area contributed by atoms with Crippen LogP contribution in [0.5, 0.6) is 5.75 Å². The van der Waals surface area contributed by atoms with E-state index in [0.717, 1.165) is 30.6 Å². The van der Waals surface area contributed by atoms with Gasteiger partial charge in [0.2, 0.25) is 11.8 Å². The van der Waals surface area contributed by atoms with E-state index in [1.165, 1.54) is 11.8 Å². The van der Waals surface area contributed by atoms with Crippen LogP contribution in [0.4, 0.5) is 0 Å². The van der Waals surface area contributed by atoms with Crippen molar-refractivity contribution in [1.29, 1.82) is 0 Å². The average Bonchev–Trinajstić information content (AvgIpc) is 3.40. The summed E-state index contributed by atoms with van der Waals surface area (Å²) in [4.78, 5) is 36.4. The number of rotatable bonds is 7. The van der Waals surface area contributed by atoms with Crippen molar-refractivity contribution < 1.29 is 18.7 Å². The number of aromatic nitrogens is 1. The molecular formula is C30H36N4O4. The van der Waals surface area contributed by atoms with Gasteiger partial charge in [-0.1, -0.05) is 50.2 Å². The first kappa shape index (κ1) is 26.0. The van der Waals surface area contributed by atoms with E-state index in [1.807, 2.05) is 40.1 Å². The van der Waals surface area contributed by atoms with Crippen molar-refractivity contribution in [1.82, 2.24) is 19.7 Å². The van der Waals surface area contributed by atoms with E-state index < -0.39 is 0 Å². The van der Waals surface area contributed by atoms with Crippen LogP contribution in [0.3, 0.4) is 0 Å². The van der Waals surface area contributed by atoms with Crippen LogP contribution in [0.15, 0.2) is 59.2 Å². The van der Waals surface area contributed by atoms with E-state index in [1.54, 1.807) is 0 Å². The van der Waals surface area contributed by atoms with Gasteiger partial charge in [0.1, 0.15) is 12.0 Å². The van der Waals surface area contributed by atoms with E-state index in [4.69, 9.17) is 9.15 Å². The third kappa shape index (κ3) is 5.75. The number of hydrogen-bond donors (Lipinski definition) is 0. The van der Waals surface area contributed by atoms with Gasteiger partial charge in [-0.15, -0.1) is 0 Å². The number of hydrogen-bond acceptors (Lipinski definition) is 6. The quantitative estimate of drug-likeness (QED) is 0.469. The van der Waals surface area contributed by atoms with Gasteiger partial charge in [-0.25, -0.2) is 4.98 Å². The maximum Gasteiger partial charge on any atom is 0.275 e. The van der Waals surface area contributed by atoms with Crippen molar-refractivity contribution in [3.05, 3.63) is 83.1 Å². The highest BCUT2D eigenvalue weighted by molar-refractivity contribution is 5.92. The normalized spacial score (nSPS) is 17.9. The third-order valence-electron chi connectivity index (χ3n) is 7.29. The Hall–Kier alpha value is -3.65. The zero-order valence-corrected chi connectivity index (χ0v) is 22.4. The van der Waals surface area contributed by atoms with Gasteiger partial charge in [-0.3, -0.25) is 9.59 Å². The second-order valence-corrected chi connectivity index (χ2v) is 10.6. The van der Waals surface area contributed by atoms with E-state index >= 15 is 0 Å².